The molecular weight excluding hydrogens is 231 g/mol. The summed E-state index contributed by atoms with van der Waals surface area (Å²) in [6.45, 7) is 4.27. The lowest BCUT2D eigenvalue weighted by Crippen LogP contribution is -2.29. The second-order valence-corrected chi connectivity index (χ2v) is 4.80. The molecule has 3 N–H and O–H groups in total. The Bertz CT molecular complexity index is 306. The summed E-state index contributed by atoms with van der Waals surface area (Å²) >= 11 is 12.2. The standard InChI is InChI=1S/C11H16Cl2N2/c1-7(2)6-10(15-14)11-8(12)4-3-5-9(11)13/h3-5,7,10,15H,6,14H2,1-2H3. The molecule has 0 aliphatic rings. The van der Waals surface area contributed by atoms with Crippen molar-refractivity contribution < 1.29 is 0 Å². The maximum Gasteiger partial charge on any atom is 0.0492 e. The molecule has 0 saturated carbocycles. The molecule has 1 unspecified atom stereocenters. The molecule has 0 spiro atoms. The van der Waals surface area contributed by atoms with Crippen molar-refractivity contribution in [3.63, 3.8) is 0 Å². The Labute approximate surface area is 101 Å². The number of nitrogens with two attached hydrogens (primary N) is 1. The van der Waals surface area contributed by atoms with Crippen LogP contribution in [0.25, 0.3) is 0 Å². The summed E-state index contributed by atoms with van der Waals surface area (Å²) in [7, 11) is 0. The van der Waals surface area contributed by atoms with E-state index in [-0.39, 0.29) is 6.04 Å². The van der Waals surface area contributed by atoms with Crippen LogP contribution in [0.5, 0.6) is 0 Å². The van der Waals surface area contributed by atoms with Crippen LogP contribution in [0.15, 0.2) is 18.2 Å². The molecule has 0 aliphatic heterocycles. The first kappa shape index (κ1) is 12.8. The monoisotopic (exact) mass is 246 g/mol. The Morgan fingerprint density at radius 2 is 1.80 bits per heavy atom. The van der Waals surface area contributed by atoms with Gasteiger partial charge in [-0.25, -0.2) is 0 Å². The summed E-state index contributed by atoms with van der Waals surface area (Å²) in [5, 5.41) is 1.32. The first-order chi connectivity index (χ1) is 7.06. The number of hydrazine groups is 1. The Hall–Kier alpha value is -0.280. The maximum atomic E-state index is 6.11. The lowest BCUT2D eigenvalue weighted by Gasteiger charge is -2.20. The van der Waals surface area contributed by atoms with E-state index in [0.717, 1.165) is 12.0 Å². The summed E-state index contributed by atoms with van der Waals surface area (Å²) < 4.78 is 0. The SMILES string of the molecule is CC(C)CC(NN)c1c(Cl)cccc1Cl. The van der Waals surface area contributed by atoms with Crippen LogP contribution < -0.4 is 11.3 Å². The fraction of sp³-hybridized carbons (Fsp3) is 0.455. The van der Waals surface area contributed by atoms with E-state index >= 15 is 0 Å². The summed E-state index contributed by atoms with van der Waals surface area (Å²) in [5.41, 5.74) is 3.65. The fourth-order valence-electron chi connectivity index (χ4n) is 1.58. The molecule has 84 valence electrons. The van der Waals surface area contributed by atoms with Crippen LogP contribution in [0.1, 0.15) is 31.9 Å². The Morgan fingerprint density at radius 1 is 1.27 bits per heavy atom. The molecule has 1 aromatic carbocycles. The van der Waals surface area contributed by atoms with Crippen LogP contribution in [0, 0.1) is 5.92 Å². The molecule has 0 aromatic heterocycles. The summed E-state index contributed by atoms with van der Waals surface area (Å²) in [5.74, 6) is 6.05. The van der Waals surface area contributed by atoms with Crippen molar-refractivity contribution in [2.24, 2.45) is 11.8 Å². The van der Waals surface area contributed by atoms with Crippen molar-refractivity contribution in [3.8, 4) is 0 Å². The minimum atomic E-state index is 0.00574. The van der Waals surface area contributed by atoms with E-state index in [0.29, 0.717) is 16.0 Å². The van der Waals surface area contributed by atoms with E-state index < -0.39 is 0 Å². The van der Waals surface area contributed by atoms with Gasteiger partial charge in [-0.1, -0.05) is 43.1 Å². The van der Waals surface area contributed by atoms with Gasteiger partial charge in [0, 0.05) is 21.7 Å². The highest BCUT2D eigenvalue weighted by atomic mass is 35.5. The molecule has 0 amide bonds. The third-order valence-corrected chi connectivity index (χ3v) is 2.92. The smallest absolute Gasteiger partial charge is 0.0492 e. The molecule has 0 aliphatic carbocycles. The highest BCUT2D eigenvalue weighted by molar-refractivity contribution is 6.36. The normalized spacial score (nSPS) is 13.2. The highest BCUT2D eigenvalue weighted by Gasteiger charge is 2.17. The lowest BCUT2D eigenvalue weighted by atomic mass is 9.97. The molecular formula is C11H16Cl2N2. The molecule has 0 bridgehead atoms. The number of benzene rings is 1. The van der Waals surface area contributed by atoms with Crippen LogP contribution in [-0.4, -0.2) is 0 Å². The molecule has 0 fully saturated rings. The summed E-state index contributed by atoms with van der Waals surface area (Å²) in [6, 6.07) is 5.49. The van der Waals surface area contributed by atoms with Crippen molar-refractivity contribution in [3.05, 3.63) is 33.8 Å². The molecule has 0 saturated heterocycles. The van der Waals surface area contributed by atoms with E-state index in [1.165, 1.54) is 0 Å². The molecule has 1 aromatic rings. The molecule has 4 heteroatoms. The van der Waals surface area contributed by atoms with Crippen LogP contribution in [-0.2, 0) is 0 Å². The summed E-state index contributed by atoms with van der Waals surface area (Å²) in [6.07, 6.45) is 0.903. The zero-order valence-corrected chi connectivity index (χ0v) is 10.4. The van der Waals surface area contributed by atoms with Gasteiger partial charge in [-0.15, -0.1) is 0 Å². The van der Waals surface area contributed by atoms with Gasteiger partial charge in [0.05, 0.1) is 0 Å². The zero-order valence-electron chi connectivity index (χ0n) is 8.93. The van der Waals surface area contributed by atoms with Crippen molar-refractivity contribution >= 4 is 23.2 Å². The molecule has 0 radical (unpaired) electrons. The van der Waals surface area contributed by atoms with Crippen LogP contribution >= 0.6 is 23.2 Å². The van der Waals surface area contributed by atoms with Crippen LogP contribution in [0.4, 0.5) is 0 Å². The maximum absolute atomic E-state index is 6.11. The average molecular weight is 247 g/mol. The van der Waals surface area contributed by atoms with Gasteiger partial charge in [-0.3, -0.25) is 11.3 Å². The van der Waals surface area contributed by atoms with Gasteiger partial charge < -0.3 is 0 Å². The number of hydrogen-bond donors (Lipinski definition) is 2. The van der Waals surface area contributed by atoms with Gasteiger partial charge >= 0.3 is 0 Å². The predicted octanol–water partition coefficient (Wildman–Crippen LogP) is 3.54. The summed E-state index contributed by atoms with van der Waals surface area (Å²) in [4.78, 5) is 0. The van der Waals surface area contributed by atoms with E-state index in [4.69, 9.17) is 29.0 Å². The molecule has 15 heavy (non-hydrogen) atoms. The fourth-order valence-corrected chi connectivity index (χ4v) is 2.25. The van der Waals surface area contributed by atoms with Gasteiger partial charge in [0.1, 0.15) is 0 Å². The van der Waals surface area contributed by atoms with E-state index in [1.54, 1.807) is 0 Å². The second-order valence-electron chi connectivity index (χ2n) is 3.98. The predicted molar refractivity (Wildman–Crippen MR) is 66.0 cm³/mol. The van der Waals surface area contributed by atoms with Crippen LogP contribution in [0.2, 0.25) is 10.0 Å². The Morgan fingerprint density at radius 3 is 2.20 bits per heavy atom. The highest BCUT2D eigenvalue weighted by Crippen LogP contribution is 2.32. The number of halogens is 2. The minimum absolute atomic E-state index is 0.00574. The minimum Gasteiger partial charge on any atom is -0.271 e. The van der Waals surface area contributed by atoms with Gasteiger partial charge in [0.2, 0.25) is 0 Å². The molecule has 1 rings (SSSR count). The number of nitrogens with one attached hydrogen (secondary N) is 1. The number of hydrogen-bond acceptors (Lipinski definition) is 2. The van der Waals surface area contributed by atoms with Crippen LogP contribution in [0.3, 0.4) is 0 Å². The third-order valence-electron chi connectivity index (χ3n) is 2.26. The lowest BCUT2D eigenvalue weighted by molar-refractivity contribution is 0.438. The third kappa shape index (κ3) is 3.35. The first-order valence-corrected chi connectivity index (χ1v) is 5.72. The van der Waals surface area contributed by atoms with Gasteiger partial charge in [0.25, 0.3) is 0 Å². The van der Waals surface area contributed by atoms with Gasteiger partial charge in [0.15, 0.2) is 0 Å². The largest absolute Gasteiger partial charge is 0.271 e. The first-order valence-electron chi connectivity index (χ1n) is 4.96. The van der Waals surface area contributed by atoms with E-state index in [9.17, 15) is 0 Å². The van der Waals surface area contributed by atoms with Crippen molar-refractivity contribution in [2.75, 3.05) is 0 Å². The van der Waals surface area contributed by atoms with Crippen molar-refractivity contribution in [2.45, 2.75) is 26.3 Å². The van der Waals surface area contributed by atoms with E-state index in [1.807, 2.05) is 18.2 Å². The van der Waals surface area contributed by atoms with Crippen molar-refractivity contribution in [1.29, 1.82) is 0 Å². The van der Waals surface area contributed by atoms with Crippen molar-refractivity contribution in [1.82, 2.24) is 5.43 Å². The molecule has 0 heterocycles. The van der Waals surface area contributed by atoms with E-state index in [2.05, 4.69) is 19.3 Å². The quantitative estimate of drug-likeness (QED) is 0.630. The molecule has 2 nitrogen and oxygen atoms in total. The zero-order chi connectivity index (χ0) is 11.4. The second kappa shape index (κ2) is 5.71. The molecule has 1 atom stereocenters. The van der Waals surface area contributed by atoms with Gasteiger partial charge in [-0.2, -0.15) is 0 Å². The average Bonchev–Trinajstić information content (AvgIpc) is 2.15. The number of rotatable bonds is 4. The Balaban J connectivity index is 3.00. The Kier molecular flexibility index (Phi) is 4.87. The van der Waals surface area contributed by atoms with Gasteiger partial charge in [-0.05, 0) is 24.5 Å². The topological polar surface area (TPSA) is 38.0 Å².